The summed E-state index contributed by atoms with van der Waals surface area (Å²) in [5.41, 5.74) is 1.78. The summed E-state index contributed by atoms with van der Waals surface area (Å²) in [4.78, 5) is 13.2. The number of aryl methyl sites for hydroxylation is 1. The Kier molecular flexibility index (Phi) is 4.17. The molecule has 0 atom stereocenters. The molecular formula is C12H18N2O2. The van der Waals surface area contributed by atoms with Crippen molar-refractivity contribution in [1.82, 2.24) is 4.90 Å². The van der Waals surface area contributed by atoms with Gasteiger partial charge in [-0.15, -0.1) is 0 Å². The standard InChI is InChI=1S/C12H18N2O2/c1-5-14(3)12(15)13-10-6-7-11(16-4)9(2)8-10/h6-8H,5H2,1-4H3,(H,13,15). The predicted octanol–water partition coefficient (Wildman–Crippen LogP) is 2.49. The summed E-state index contributed by atoms with van der Waals surface area (Å²) in [7, 11) is 3.39. The number of amides is 2. The second kappa shape index (κ2) is 5.39. The molecule has 16 heavy (non-hydrogen) atoms. The van der Waals surface area contributed by atoms with Gasteiger partial charge in [-0.3, -0.25) is 0 Å². The number of carbonyl (C=O) groups excluding carboxylic acids is 1. The van der Waals surface area contributed by atoms with Crippen molar-refractivity contribution in [2.75, 3.05) is 26.0 Å². The van der Waals surface area contributed by atoms with Gasteiger partial charge in [0.05, 0.1) is 7.11 Å². The van der Waals surface area contributed by atoms with Crippen molar-refractivity contribution in [2.45, 2.75) is 13.8 Å². The molecule has 0 saturated carbocycles. The zero-order valence-electron chi connectivity index (χ0n) is 10.2. The normalized spacial score (nSPS) is 9.75. The lowest BCUT2D eigenvalue weighted by molar-refractivity contribution is 0.224. The van der Waals surface area contributed by atoms with E-state index in [0.717, 1.165) is 17.0 Å². The molecule has 0 saturated heterocycles. The first-order valence-electron chi connectivity index (χ1n) is 5.25. The van der Waals surface area contributed by atoms with E-state index >= 15 is 0 Å². The van der Waals surface area contributed by atoms with E-state index in [1.165, 1.54) is 0 Å². The highest BCUT2D eigenvalue weighted by Gasteiger charge is 2.07. The first-order chi connectivity index (χ1) is 7.58. The van der Waals surface area contributed by atoms with Crippen LogP contribution in [0.1, 0.15) is 12.5 Å². The van der Waals surface area contributed by atoms with Gasteiger partial charge < -0.3 is 15.0 Å². The molecule has 2 amide bonds. The predicted molar refractivity (Wildman–Crippen MR) is 65.1 cm³/mol. The highest BCUT2D eigenvalue weighted by molar-refractivity contribution is 5.89. The van der Waals surface area contributed by atoms with Gasteiger partial charge in [-0.1, -0.05) is 0 Å². The van der Waals surface area contributed by atoms with Crippen molar-refractivity contribution in [2.24, 2.45) is 0 Å². The molecule has 0 aliphatic carbocycles. The number of hydrogen-bond acceptors (Lipinski definition) is 2. The number of ether oxygens (including phenoxy) is 1. The van der Waals surface area contributed by atoms with E-state index in [1.54, 1.807) is 19.1 Å². The number of rotatable bonds is 3. The third-order valence-electron chi connectivity index (χ3n) is 2.47. The highest BCUT2D eigenvalue weighted by atomic mass is 16.5. The molecule has 1 aromatic carbocycles. The lowest BCUT2D eigenvalue weighted by Crippen LogP contribution is -2.30. The smallest absolute Gasteiger partial charge is 0.321 e. The van der Waals surface area contributed by atoms with E-state index in [9.17, 15) is 4.79 Å². The second-order valence-electron chi connectivity index (χ2n) is 3.63. The molecule has 0 spiro atoms. The van der Waals surface area contributed by atoms with E-state index in [2.05, 4.69) is 5.32 Å². The second-order valence-corrected chi connectivity index (χ2v) is 3.63. The molecule has 0 unspecified atom stereocenters. The van der Waals surface area contributed by atoms with Crippen LogP contribution < -0.4 is 10.1 Å². The summed E-state index contributed by atoms with van der Waals surface area (Å²) in [5, 5.41) is 2.82. The molecule has 4 heteroatoms. The van der Waals surface area contributed by atoms with Crippen LogP contribution in [0.3, 0.4) is 0 Å². The quantitative estimate of drug-likeness (QED) is 0.853. The minimum atomic E-state index is -0.105. The molecule has 0 aliphatic heterocycles. The Morgan fingerprint density at radius 3 is 2.69 bits per heavy atom. The maximum absolute atomic E-state index is 11.6. The Labute approximate surface area is 96.2 Å². The monoisotopic (exact) mass is 222 g/mol. The van der Waals surface area contributed by atoms with Crippen LogP contribution in [0.4, 0.5) is 10.5 Å². The zero-order chi connectivity index (χ0) is 12.1. The SMILES string of the molecule is CCN(C)C(=O)Nc1ccc(OC)c(C)c1. The number of anilines is 1. The Bertz CT molecular complexity index is 377. The molecule has 1 aromatic rings. The van der Waals surface area contributed by atoms with Gasteiger partial charge >= 0.3 is 6.03 Å². The van der Waals surface area contributed by atoms with Crippen molar-refractivity contribution in [1.29, 1.82) is 0 Å². The molecular weight excluding hydrogens is 204 g/mol. The maximum Gasteiger partial charge on any atom is 0.321 e. The summed E-state index contributed by atoms with van der Waals surface area (Å²) >= 11 is 0. The van der Waals surface area contributed by atoms with Gasteiger partial charge in [0.2, 0.25) is 0 Å². The fraction of sp³-hybridized carbons (Fsp3) is 0.417. The molecule has 4 nitrogen and oxygen atoms in total. The van der Waals surface area contributed by atoms with Crippen LogP contribution in [0.15, 0.2) is 18.2 Å². The topological polar surface area (TPSA) is 41.6 Å². The van der Waals surface area contributed by atoms with Gasteiger partial charge in [0.15, 0.2) is 0 Å². The summed E-state index contributed by atoms with van der Waals surface area (Å²) in [6.07, 6.45) is 0. The average molecular weight is 222 g/mol. The van der Waals surface area contributed by atoms with Crippen LogP contribution >= 0.6 is 0 Å². The molecule has 0 bridgehead atoms. The molecule has 0 aromatic heterocycles. The van der Waals surface area contributed by atoms with E-state index in [-0.39, 0.29) is 6.03 Å². The van der Waals surface area contributed by atoms with Crippen LogP contribution in [0.2, 0.25) is 0 Å². The molecule has 0 aliphatic rings. The Hall–Kier alpha value is -1.71. The van der Waals surface area contributed by atoms with Crippen molar-refractivity contribution >= 4 is 11.7 Å². The summed E-state index contributed by atoms with van der Waals surface area (Å²) in [6, 6.07) is 5.46. The number of benzene rings is 1. The lowest BCUT2D eigenvalue weighted by Gasteiger charge is -2.16. The molecule has 1 rings (SSSR count). The van der Waals surface area contributed by atoms with Gasteiger partial charge in [0.25, 0.3) is 0 Å². The lowest BCUT2D eigenvalue weighted by atomic mass is 10.2. The van der Waals surface area contributed by atoms with Crippen molar-refractivity contribution < 1.29 is 9.53 Å². The van der Waals surface area contributed by atoms with Crippen molar-refractivity contribution in [3.05, 3.63) is 23.8 Å². The summed E-state index contributed by atoms with van der Waals surface area (Å²) < 4.78 is 5.15. The average Bonchev–Trinajstić information content (AvgIpc) is 2.28. The van der Waals surface area contributed by atoms with E-state index in [0.29, 0.717) is 6.54 Å². The van der Waals surface area contributed by atoms with Crippen LogP contribution in [-0.2, 0) is 0 Å². The fourth-order valence-corrected chi connectivity index (χ4v) is 1.32. The number of nitrogens with one attached hydrogen (secondary N) is 1. The summed E-state index contributed by atoms with van der Waals surface area (Å²) in [5.74, 6) is 0.821. The van der Waals surface area contributed by atoms with Crippen LogP contribution in [-0.4, -0.2) is 31.6 Å². The molecule has 0 radical (unpaired) electrons. The van der Waals surface area contributed by atoms with E-state index < -0.39 is 0 Å². The Morgan fingerprint density at radius 2 is 2.19 bits per heavy atom. The maximum atomic E-state index is 11.6. The largest absolute Gasteiger partial charge is 0.496 e. The van der Waals surface area contributed by atoms with Crippen LogP contribution in [0, 0.1) is 6.92 Å². The van der Waals surface area contributed by atoms with Gasteiger partial charge in [-0.25, -0.2) is 4.79 Å². The minimum absolute atomic E-state index is 0.105. The van der Waals surface area contributed by atoms with Crippen molar-refractivity contribution in [3.8, 4) is 5.75 Å². The first-order valence-corrected chi connectivity index (χ1v) is 5.25. The van der Waals surface area contributed by atoms with Gasteiger partial charge in [0, 0.05) is 19.3 Å². The number of nitrogens with zero attached hydrogens (tertiary/aromatic N) is 1. The number of urea groups is 1. The van der Waals surface area contributed by atoms with Crippen LogP contribution in [0.25, 0.3) is 0 Å². The molecule has 0 fully saturated rings. The number of carbonyl (C=O) groups is 1. The van der Waals surface area contributed by atoms with Gasteiger partial charge in [0.1, 0.15) is 5.75 Å². The third kappa shape index (κ3) is 2.89. The molecule has 1 N–H and O–H groups in total. The van der Waals surface area contributed by atoms with Crippen molar-refractivity contribution in [3.63, 3.8) is 0 Å². The number of methoxy groups -OCH3 is 1. The fourth-order valence-electron chi connectivity index (χ4n) is 1.32. The Morgan fingerprint density at radius 1 is 1.50 bits per heavy atom. The highest BCUT2D eigenvalue weighted by Crippen LogP contribution is 2.21. The Balaban J connectivity index is 2.75. The van der Waals surface area contributed by atoms with E-state index in [1.807, 2.05) is 32.0 Å². The molecule has 0 heterocycles. The zero-order valence-corrected chi connectivity index (χ0v) is 10.2. The van der Waals surface area contributed by atoms with Gasteiger partial charge in [-0.05, 0) is 37.6 Å². The molecule has 88 valence electrons. The van der Waals surface area contributed by atoms with E-state index in [4.69, 9.17) is 4.74 Å². The third-order valence-corrected chi connectivity index (χ3v) is 2.47. The summed E-state index contributed by atoms with van der Waals surface area (Å²) in [6.45, 7) is 4.55. The number of hydrogen-bond donors (Lipinski definition) is 1. The van der Waals surface area contributed by atoms with Crippen LogP contribution in [0.5, 0.6) is 5.75 Å². The van der Waals surface area contributed by atoms with Gasteiger partial charge in [-0.2, -0.15) is 0 Å². The minimum Gasteiger partial charge on any atom is -0.496 e. The first kappa shape index (κ1) is 12.4.